The van der Waals surface area contributed by atoms with E-state index in [1.54, 1.807) is 6.92 Å². The van der Waals surface area contributed by atoms with Crippen molar-refractivity contribution in [3.8, 4) is 16.9 Å². The molecular weight excluding hydrogens is 386 g/mol. The predicted octanol–water partition coefficient (Wildman–Crippen LogP) is 3.91. The number of thiophene rings is 1. The van der Waals surface area contributed by atoms with Crippen LogP contribution in [-0.2, 0) is 11.3 Å². The van der Waals surface area contributed by atoms with E-state index in [1.807, 2.05) is 52.0 Å². The van der Waals surface area contributed by atoms with Crippen LogP contribution < -0.4 is 15.6 Å². The summed E-state index contributed by atoms with van der Waals surface area (Å²) in [5.74, 6) is 1.51. The van der Waals surface area contributed by atoms with Crippen molar-refractivity contribution in [2.24, 2.45) is 5.92 Å². The fraction of sp³-hybridized carbons (Fsp3) is 0.409. The van der Waals surface area contributed by atoms with Gasteiger partial charge in [0.1, 0.15) is 22.9 Å². The van der Waals surface area contributed by atoms with Gasteiger partial charge in [0.2, 0.25) is 5.91 Å². The third-order valence-electron chi connectivity index (χ3n) is 4.64. The number of carbonyl (C=O) groups is 1. The van der Waals surface area contributed by atoms with Crippen LogP contribution in [0.2, 0.25) is 0 Å². The summed E-state index contributed by atoms with van der Waals surface area (Å²) in [6.07, 6.45) is 0. The Balaban J connectivity index is 2.05. The van der Waals surface area contributed by atoms with E-state index in [-0.39, 0.29) is 18.0 Å². The van der Waals surface area contributed by atoms with Crippen molar-refractivity contribution < 1.29 is 9.53 Å². The Morgan fingerprint density at radius 1 is 1.24 bits per heavy atom. The molecule has 7 heteroatoms. The molecule has 0 saturated heterocycles. The maximum absolute atomic E-state index is 13.3. The maximum Gasteiger partial charge on any atom is 0.263 e. The summed E-state index contributed by atoms with van der Waals surface area (Å²) in [7, 11) is 0. The van der Waals surface area contributed by atoms with Gasteiger partial charge in [-0.25, -0.2) is 4.98 Å². The number of nitrogens with zero attached hydrogens (tertiary/aromatic N) is 2. The molecule has 0 fully saturated rings. The molecular formula is C22H27N3O3S. The Labute approximate surface area is 174 Å². The van der Waals surface area contributed by atoms with Gasteiger partial charge in [-0.1, -0.05) is 26.0 Å². The molecule has 0 bridgehead atoms. The highest BCUT2D eigenvalue weighted by atomic mass is 32.1. The summed E-state index contributed by atoms with van der Waals surface area (Å²) in [5.41, 5.74) is 1.64. The minimum absolute atomic E-state index is 0.0298. The van der Waals surface area contributed by atoms with Gasteiger partial charge in [0.15, 0.2) is 0 Å². The first kappa shape index (κ1) is 21.0. The number of hydrogen-bond acceptors (Lipinski definition) is 5. The molecule has 0 saturated carbocycles. The second-order valence-corrected chi connectivity index (χ2v) is 8.62. The van der Waals surface area contributed by atoms with Crippen LogP contribution in [0.4, 0.5) is 0 Å². The summed E-state index contributed by atoms with van der Waals surface area (Å²) in [4.78, 5) is 32.0. The lowest BCUT2D eigenvalue weighted by molar-refractivity contribution is -0.121. The third-order valence-corrected chi connectivity index (χ3v) is 5.64. The Morgan fingerprint density at radius 2 is 1.93 bits per heavy atom. The number of benzene rings is 1. The fourth-order valence-corrected chi connectivity index (χ4v) is 4.31. The van der Waals surface area contributed by atoms with Crippen molar-refractivity contribution in [1.82, 2.24) is 14.9 Å². The van der Waals surface area contributed by atoms with Crippen LogP contribution in [0.15, 0.2) is 29.1 Å². The van der Waals surface area contributed by atoms with E-state index >= 15 is 0 Å². The first-order valence-electron chi connectivity index (χ1n) is 9.82. The lowest BCUT2D eigenvalue weighted by Crippen LogP contribution is -2.35. The van der Waals surface area contributed by atoms with Gasteiger partial charge in [-0.15, -0.1) is 11.3 Å². The van der Waals surface area contributed by atoms with Crippen molar-refractivity contribution in [2.45, 2.75) is 41.2 Å². The van der Waals surface area contributed by atoms with Gasteiger partial charge < -0.3 is 10.1 Å². The number of ether oxygens (including phenoxy) is 1. The van der Waals surface area contributed by atoms with E-state index in [1.165, 1.54) is 15.9 Å². The molecule has 1 N–H and O–H groups in total. The van der Waals surface area contributed by atoms with E-state index < -0.39 is 0 Å². The number of aryl methyl sites for hydroxylation is 2. The predicted molar refractivity (Wildman–Crippen MR) is 118 cm³/mol. The van der Waals surface area contributed by atoms with E-state index in [0.717, 1.165) is 21.8 Å². The van der Waals surface area contributed by atoms with Crippen LogP contribution in [0.3, 0.4) is 0 Å². The molecule has 0 aliphatic carbocycles. The summed E-state index contributed by atoms with van der Waals surface area (Å²) in [6, 6.07) is 7.72. The van der Waals surface area contributed by atoms with Gasteiger partial charge in [0.05, 0.1) is 12.0 Å². The largest absolute Gasteiger partial charge is 0.494 e. The Kier molecular flexibility index (Phi) is 6.37. The molecule has 3 rings (SSSR count). The average molecular weight is 414 g/mol. The monoisotopic (exact) mass is 413 g/mol. The van der Waals surface area contributed by atoms with Crippen LogP contribution >= 0.6 is 11.3 Å². The second-order valence-electron chi connectivity index (χ2n) is 7.42. The van der Waals surface area contributed by atoms with Crippen LogP contribution in [0.25, 0.3) is 21.3 Å². The third kappa shape index (κ3) is 4.50. The molecule has 0 aliphatic heterocycles. The zero-order valence-corrected chi connectivity index (χ0v) is 18.4. The van der Waals surface area contributed by atoms with Gasteiger partial charge in [0, 0.05) is 17.0 Å². The Hall–Kier alpha value is -2.67. The SMILES string of the molecule is CCOc1ccc(-c2c(C)sc3nc(C)n(CC(=O)NCC(C)C)c(=O)c23)cc1. The molecule has 6 nitrogen and oxygen atoms in total. The molecule has 1 amide bonds. The highest BCUT2D eigenvalue weighted by Crippen LogP contribution is 2.36. The van der Waals surface area contributed by atoms with Crippen molar-refractivity contribution >= 4 is 27.5 Å². The minimum atomic E-state index is -0.181. The zero-order chi connectivity index (χ0) is 21.1. The molecule has 29 heavy (non-hydrogen) atoms. The lowest BCUT2D eigenvalue weighted by Gasteiger charge is -2.12. The quantitative estimate of drug-likeness (QED) is 0.637. The van der Waals surface area contributed by atoms with Crippen molar-refractivity contribution in [1.29, 1.82) is 0 Å². The summed E-state index contributed by atoms with van der Waals surface area (Å²) >= 11 is 1.50. The van der Waals surface area contributed by atoms with Crippen molar-refractivity contribution in [3.63, 3.8) is 0 Å². The molecule has 154 valence electrons. The average Bonchev–Trinajstić information content (AvgIpc) is 3.00. The van der Waals surface area contributed by atoms with Gasteiger partial charge in [-0.2, -0.15) is 0 Å². The standard InChI is InChI=1S/C22H27N3O3S/c1-6-28-17-9-7-16(8-10-17)19-14(4)29-21-20(19)22(27)25(15(5)24-21)12-18(26)23-11-13(2)3/h7-10,13H,6,11-12H2,1-5H3,(H,23,26). The van der Waals surface area contributed by atoms with Crippen molar-refractivity contribution in [3.05, 3.63) is 45.3 Å². The molecule has 3 aromatic rings. The molecule has 0 aliphatic rings. The fourth-order valence-electron chi connectivity index (χ4n) is 3.23. The number of hydrogen-bond donors (Lipinski definition) is 1. The number of nitrogens with one attached hydrogen (secondary N) is 1. The van der Waals surface area contributed by atoms with Gasteiger partial charge in [-0.05, 0) is 44.4 Å². The van der Waals surface area contributed by atoms with Crippen LogP contribution in [0.1, 0.15) is 31.5 Å². The summed E-state index contributed by atoms with van der Waals surface area (Å²) < 4.78 is 6.98. The molecule has 2 heterocycles. The Morgan fingerprint density at radius 3 is 2.55 bits per heavy atom. The number of fused-ring (bicyclic) bond motifs is 1. The summed E-state index contributed by atoms with van der Waals surface area (Å²) in [6.45, 7) is 10.9. The molecule has 0 spiro atoms. The normalized spacial score (nSPS) is 11.2. The van der Waals surface area contributed by atoms with Gasteiger partial charge in [-0.3, -0.25) is 14.2 Å². The topological polar surface area (TPSA) is 73.2 Å². The first-order chi connectivity index (χ1) is 13.8. The number of rotatable bonds is 7. The van der Waals surface area contributed by atoms with Gasteiger partial charge in [0.25, 0.3) is 5.56 Å². The maximum atomic E-state index is 13.3. The Bertz CT molecular complexity index is 1080. The molecule has 1 aromatic carbocycles. The van der Waals surface area contributed by atoms with Crippen LogP contribution in [0.5, 0.6) is 5.75 Å². The lowest BCUT2D eigenvalue weighted by atomic mass is 10.0. The summed E-state index contributed by atoms with van der Waals surface area (Å²) in [5, 5.41) is 3.43. The molecule has 2 aromatic heterocycles. The van der Waals surface area contributed by atoms with Crippen molar-refractivity contribution in [2.75, 3.05) is 13.2 Å². The van der Waals surface area contributed by atoms with Crippen LogP contribution in [0, 0.1) is 19.8 Å². The smallest absolute Gasteiger partial charge is 0.263 e. The van der Waals surface area contributed by atoms with E-state index in [0.29, 0.717) is 35.1 Å². The van der Waals surface area contributed by atoms with Crippen LogP contribution in [-0.4, -0.2) is 28.6 Å². The second kappa shape index (κ2) is 8.78. The molecule has 0 unspecified atom stereocenters. The van der Waals surface area contributed by atoms with E-state index in [9.17, 15) is 9.59 Å². The number of carbonyl (C=O) groups excluding carboxylic acids is 1. The number of aromatic nitrogens is 2. The highest BCUT2D eigenvalue weighted by Gasteiger charge is 2.19. The van der Waals surface area contributed by atoms with E-state index in [4.69, 9.17) is 4.74 Å². The number of amides is 1. The highest BCUT2D eigenvalue weighted by molar-refractivity contribution is 7.19. The van der Waals surface area contributed by atoms with E-state index in [2.05, 4.69) is 10.3 Å². The molecule has 0 radical (unpaired) electrons. The zero-order valence-electron chi connectivity index (χ0n) is 17.5. The molecule has 0 atom stereocenters. The minimum Gasteiger partial charge on any atom is -0.494 e. The first-order valence-corrected chi connectivity index (χ1v) is 10.6. The van der Waals surface area contributed by atoms with Gasteiger partial charge >= 0.3 is 0 Å².